The summed E-state index contributed by atoms with van der Waals surface area (Å²) in [6.45, 7) is 3.35. The van der Waals surface area contributed by atoms with Crippen LogP contribution in [0.2, 0.25) is 0 Å². The Morgan fingerprint density at radius 3 is 2.03 bits per heavy atom. The molecule has 0 saturated carbocycles. The highest BCUT2D eigenvalue weighted by atomic mass is 16.2. The van der Waals surface area contributed by atoms with E-state index in [2.05, 4.69) is 29.2 Å². The Labute approximate surface area is 207 Å². The van der Waals surface area contributed by atoms with Gasteiger partial charge in [0.2, 0.25) is 11.8 Å². The molecule has 35 heavy (non-hydrogen) atoms. The number of hydrogen-bond acceptors (Lipinski definition) is 3. The van der Waals surface area contributed by atoms with E-state index in [0.717, 1.165) is 37.2 Å². The van der Waals surface area contributed by atoms with Crippen molar-refractivity contribution in [2.75, 3.05) is 19.6 Å². The zero-order chi connectivity index (χ0) is 24.3. The maximum Gasteiger partial charge on any atom is 0.240 e. The second-order valence-corrected chi connectivity index (χ2v) is 9.92. The number of nitrogens with zero attached hydrogens (tertiary/aromatic N) is 2. The summed E-state index contributed by atoms with van der Waals surface area (Å²) in [4.78, 5) is 31.1. The van der Waals surface area contributed by atoms with Crippen LogP contribution in [0.5, 0.6) is 0 Å². The fourth-order valence-corrected chi connectivity index (χ4v) is 5.99. The highest BCUT2D eigenvalue weighted by molar-refractivity contribution is 5.97. The molecule has 2 atom stereocenters. The largest absolute Gasteiger partial charge is 0.368 e. The molecule has 0 radical (unpaired) electrons. The highest BCUT2D eigenvalue weighted by Gasteiger charge is 2.52. The molecule has 2 N–H and O–H groups in total. The fraction of sp³-hybridized carbons (Fsp3) is 0.333. The van der Waals surface area contributed by atoms with Crippen LogP contribution >= 0.6 is 0 Å². The third-order valence-corrected chi connectivity index (χ3v) is 7.77. The van der Waals surface area contributed by atoms with Crippen LogP contribution < -0.4 is 5.73 Å². The summed E-state index contributed by atoms with van der Waals surface area (Å²) in [7, 11) is 0. The third-order valence-electron chi connectivity index (χ3n) is 7.77. The summed E-state index contributed by atoms with van der Waals surface area (Å²) in [5.41, 5.74) is 8.38. The van der Waals surface area contributed by atoms with Gasteiger partial charge < -0.3 is 10.6 Å². The predicted octanol–water partition coefficient (Wildman–Crippen LogP) is 3.97. The molecule has 180 valence electrons. The van der Waals surface area contributed by atoms with Gasteiger partial charge in [-0.3, -0.25) is 14.5 Å². The lowest BCUT2D eigenvalue weighted by molar-refractivity contribution is -0.139. The van der Waals surface area contributed by atoms with Gasteiger partial charge in [0.05, 0.1) is 0 Å². The van der Waals surface area contributed by atoms with Gasteiger partial charge in [0.25, 0.3) is 0 Å². The van der Waals surface area contributed by atoms with Crippen LogP contribution in [-0.2, 0) is 21.5 Å². The van der Waals surface area contributed by atoms with Gasteiger partial charge >= 0.3 is 0 Å². The molecule has 0 aliphatic carbocycles. The molecule has 5 rings (SSSR count). The minimum absolute atomic E-state index is 0.0159. The van der Waals surface area contributed by atoms with Crippen molar-refractivity contribution in [3.63, 3.8) is 0 Å². The maximum absolute atomic E-state index is 14.2. The molecule has 0 bridgehead atoms. The molecule has 3 aromatic carbocycles. The van der Waals surface area contributed by atoms with Crippen LogP contribution in [0.15, 0.2) is 91.0 Å². The maximum atomic E-state index is 14.2. The van der Waals surface area contributed by atoms with Crippen LogP contribution in [0.3, 0.4) is 0 Å². The summed E-state index contributed by atoms with van der Waals surface area (Å²) in [6, 6.07) is 29.8. The standard InChI is InChI=1S/C30H33N3O2/c31-28(34)27(20-24-16-18-32(22-24)21-23-10-4-1-5-11-23)33-19-17-30(29(33)35,25-12-6-2-7-13-25)26-14-8-3-9-15-26/h1-15,24,27H,16-22H2,(H2,31,34). The van der Waals surface area contributed by atoms with Crippen molar-refractivity contribution in [2.24, 2.45) is 11.7 Å². The molecule has 2 fully saturated rings. The van der Waals surface area contributed by atoms with Gasteiger partial charge in [-0.1, -0.05) is 91.0 Å². The normalized spacial score (nSPS) is 20.7. The summed E-state index contributed by atoms with van der Waals surface area (Å²) in [5.74, 6) is -0.0814. The van der Waals surface area contributed by atoms with E-state index in [1.807, 2.05) is 66.7 Å². The Kier molecular flexibility index (Phi) is 6.69. The monoisotopic (exact) mass is 467 g/mol. The minimum Gasteiger partial charge on any atom is -0.368 e. The summed E-state index contributed by atoms with van der Waals surface area (Å²) in [6.07, 6.45) is 2.27. The van der Waals surface area contributed by atoms with Gasteiger partial charge in [-0.15, -0.1) is 0 Å². The Bertz CT molecular complexity index is 1110. The number of carbonyl (C=O) groups is 2. The Hall–Kier alpha value is -3.44. The number of hydrogen-bond donors (Lipinski definition) is 1. The number of benzene rings is 3. The molecule has 2 aliphatic rings. The Morgan fingerprint density at radius 1 is 0.886 bits per heavy atom. The lowest BCUT2D eigenvalue weighted by Crippen LogP contribution is -2.49. The SMILES string of the molecule is NC(=O)C(CC1CCN(Cc2ccccc2)C1)N1CCC(c2ccccc2)(c2ccccc2)C1=O. The lowest BCUT2D eigenvalue weighted by atomic mass is 9.73. The average molecular weight is 468 g/mol. The molecule has 5 nitrogen and oxygen atoms in total. The van der Waals surface area contributed by atoms with Crippen LogP contribution in [0, 0.1) is 5.92 Å². The van der Waals surface area contributed by atoms with Crippen LogP contribution in [0.25, 0.3) is 0 Å². The zero-order valence-corrected chi connectivity index (χ0v) is 20.1. The molecule has 2 aliphatic heterocycles. The number of primary amides is 1. The van der Waals surface area contributed by atoms with Gasteiger partial charge in [0.1, 0.15) is 11.5 Å². The van der Waals surface area contributed by atoms with Crippen LogP contribution in [0.1, 0.15) is 36.0 Å². The fourth-order valence-electron chi connectivity index (χ4n) is 5.99. The molecular weight excluding hydrogens is 434 g/mol. The van der Waals surface area contributed by atoms with Gasteiger partial charge in [0, 0.05) is 19.6 Å². The molecule has 2 saturated heterocycles. The van der Waals surface area contributed by atoms with Crippen molar-refractivity contribution in [3.8, 4) is 0 Å². The molecule has 0 spiro atoms. The molecule has 5 heteroatoms. The van der Waals surface area contributed by atoms with Gasteiger partial charge in [-0.25, -0.2) is 0 Å². The Morgan fingerprint density at radius 2 is 1.46 bits per heavy atom. The van der Waals surface area contributed by atoms with Crippen molar-refractivity contribution in [1.82, 2.24) is 9.80 Å². The molecule has 2 unspecified atom stereocenters. The van der Waals surface area contributed by atoms with E-state index in [0.29, 0.717) is 25.3 Å². The van der Waals surface area contributed by atoms with E-state index in [4.69, 9.17) is 5.73 Å². The minimum atomic E-state index is -0.786. The van der Waals surface area contributed by atoms with Gasteiger partial charge in [-0.2, -0.15) is 0 Å². The number of amides is 2. The molecule has 0 aromatic heterocycles. The first-order valence-electron chi connectivity index (χ1n) is 12.6. The lowest BCUT2D eigenvalue weighted by Gasteiger charge is -2.32. The van der Waals surface area contributed by atoms with E-state index in [9.17, 15) is 9.59 Å². The Balaban J connectivity index is 1.35. The molecular formula is C30H33N3O2. The van der Waals surface area contributed by atoms with E-state index in [1.54, 1.807) is 4.90 Å². The van der Waals surface area contributed by atoms with E-state index < -0.39 is 17.4 Å². The van der Waals surface area contributed by atoms with E-state index in [1.165, 1.54) is 5.56 Å². The molecule has 3 aromatic rings. The van der Waals surface area contributed by atoms with Crippen molar-refractivity contribution >= 4 is 11.8 Å². The first-order valence-corrected chi connectivity index (χ1v) is 12.6. The van der Waals surface area contributed by atoms with Crippen molar-refractivity contribution in [2.45, 2.75) is 37.3 Å². The molecule has 2 heterocycles. The number of rotatable bonds is 8. The van der Waals surface area contributed by atoms with Gasteiger partial charge in [-0.05, 0) is 48.4 Å². The second kappa shape index (κ2) is 10.0. The first-order chi connectivity index (χ1) is 17.1. The summed E-state index contributed by atoms with van der Waals surface area (Å²) < 4.78 is 0. The summed E-state index contributed by atoms with van der Waals surface area (Å²) in [5, 5.41) is 0. The third kappa shape index (κ3) is 4.61. The van der Waals surface area contributed by atoms with Crippen LogP contribution in [0.4, 0.5) is 0 Å². The average Bonchev–Trinajstić information content (AvgIpc) is 3.48. The van der Waals surface area contributed by atoms with Gasteiger partial charge in [0.15, 0.2) is 0 Å². The number of likely N-dealkylation sites (tertiary alicyclic amines) is 2. The van der Waals surface area contributed by atoms with Crippen molar-refractivity contribution < 1.29 is 9.59 Å². The topological polar surface area (TPSA) is 66.6 Å². The zero-order valence-electron chi connectivity index (χ0n) is 20.1. The van der Waals surface area contributed by atoms with E-state index >= 15 is 0 Å². The number of carbonyl (C=O) groups excluding carboxylic acids is 2. The first kappa shape index (κ1) is 23.3. The quantitative estimate of drug-likeness (QED) is 0.545. The number of nitrogens with two attached hydrogens (primary N) is 1. The van der Waals surface area contributed by atoms with E-state index in [-0.39, 0.29) is 5.91 Å². The summed E-state index contributed by atoms with van der Waals surface area (Å²) >= 11 is 0. The van der Waals surface area contributed by atoms with Crippen molar-refractivity contribution in [1.29, 1.82) is 0 Å². The highest BCUT2D eigenvalue weighted by Crippen LogP contribution is 2.43. The predicted molar refractivity (Wildman–Crippen MR) is 137 cm³/mol. The smallest absolute Gasteiger partial charge is 0.240 e. The van der Waals surface area contributed by atoms with Crippen molar-refractivity contribution in [3.05, 3.63) is 108 Å². The van der Waals surface area contributed by atoms with Crippen LogP contribution in [-0.4, -0.2) is 47.3 Å². The second-order valence-electron chi connectivity index (χ2n) is 9.92. The molecule has 2 amide bonds.